The summed E-state index contributed by atoms with van der Waals surface area (Å²) in [6.07, 6.45) is 8.33. The Kier molecular flexibility index (Phi) is 12.8. The minimum atomic E-state index is -0.801. The van der Waals surface area contributed by atoms with Crippen molar-refractivity contribution in [3.8, 4) is 0 Å². The molecular weight excluding hydrogens is 685 g/mol. The normalized spacial score (nSPS) is 22.5. The number of fused-ring (bicyclic) bond motifs is 3. The third kappa shape index (κ3) is 9.60. The largest absolute Gasteiger partial charge is 0.469 e. The molecule has 2 aromatic heterocycles. The number of nitrogens with zero attached hydrogens (tertiary/aromatic N) is 5. The van der Waals surface area contributed by atoms with Crippen LogP contribution in [0.3, 0.4) is 0 Å². The van der Waals surface area contributed by atoms with Crippen molar-refractivity contribution in [2.75, 3.05) is 27.2 Å². The highest BCUT2D eigenvalue weighted by Gasteiger charge is 2.54. The van der Waals surface area contributed by atoms with Crippen molar-refractivity contribution in [1.29, 1.82) is 0 Å². The Balaban J connectivity index is 1.27. The molecule has 0 radical (unpaired) electrons. The van der Waals surface area contributed by atoms with Crippen molar-refractivity contribution in [2.24, 2.45) is 23.2 Å². The summed E-state index contributed by atoms with van der Waals surface area (Å²) in [6, 6.07) is -0.884. The molecule has 284 valence electrons. The molecule has 1 saturated carbocycles. The Morgan fingerprint density at radius 1 is 1.08 bits per heavy atom. The third-order valence-corrected chi connectivity index (χ3v) is 12.0. The minimum absolute atomic E-state index is 0.00276. The van der Waals surface area contributed by atoms with Gasteiger partial charge in [0.05, 0.1) is 24.5 Å². The number of carbonyl (C=O) groups is 5. The van der Waals surface area contributed by atoms with Crippen LogP contribution in [-0.2, 0) is 35.1 Å². The molecule has 3 aliphatic heterocycles. The van der Waals surface area contributed by atoms with Crippen molar-refractivity contribution in [2.45, 2.75) is 117 Å². The molecular formula is C38H54N6O7S. The van der Waals surface area contributed by atoms with Crippen molar-refractivity contribution in [1.82, 2.24) is 30.1 Å². The molecule has 3 saturated heterocycles. The predicted octanol–water partition coefficient (Wildman–Crippen LogP) is 4.48. The number of methoxy groups -OCH3 is 1. The fourth-order valence-corrected chi connectivity index (χ4v) is 8.69. The second-order valence-electron chi connectivity index (χ2n) is 15.5. The first-order chi connectivity index (χ1) is 24.7. The summed E-state index contributed by atoms with van der Waals surface area (Å²) in [4.78, 5) is 83.2. The van der Waals surface area contributed by atoms with Gasteiger partial charge in [-0.25, -0.2) is 15.0 Å². The summed E-state index contributed by atoms with van der Waals surface area (Å²) in [5.74, 6) is -0.544. The standard InChI is InChI=1S/C38H54N6O7S/c1-22(2)29(43(6)37(49)38(10-11-38)18-31(46)30-15-26-8-12-44(30)13-9-26)17-32(51-25(5)45)35-42-28(21-52-35)34(47)41-27(14-24(4)36(48)50-7)16-33-39-19-23(3)20-40-33/h19-22,24,26-27,29-30,32H,8-18H2,1-7H3,(H,41,47)/t24-,27+,29+,30+,32+/m0/s1. The van der Waals surface area contributed by atoms with Gasteiger partial charge >= 0.3 is 11.9 Å². The van der Waals surface area contributed by atoms with Crippen LogP contribution in [0.1, 0.15) is 112 Å². The van der Waals surface area contributed by atoms with Gasteiger partial charge in [-0.2, -0.15) is 0 Å². The number of nitrogens with one attached hydrogen (secondary N) is 1. The van der Waals surface area contributed by atoms with E-state index in [1.165, 1.54) is 25.4 Å². The quantitative estimate of drug-likeness (QED) is 0.228. The molecule has 2 bridgehead atoms. The lowest BCUT2D eigenvalue weighted by Crippen LogP contribution is -2.53. The van der Waals surface area contributed by atoms with E-state index in [-0.39, 0.29) is 54.2 Å². The average molecular weight is 739 g/mol. The molecule has 1 aliphatic carbocycles. The molecule has 52 heavy (non-hydrogen) atoms. The van der Waals surface area contributed by atoms with Gasteiger partial charge < -0.3 is 19.7 Å². The van der Waals surface area contributed by atoms with Crippen LogP contribution in [-0.4, -0.2) is 99.7 Å². The smallest absolute Gasteiger partial charge is 0.308 e. The van der Waals surface area contributed by atoms with Gasteiger partial charge in [0.2, 0.25) is 5.91 Å². The minimum Gasteiger partial charge on any atom is -0.469 e. The molecule has 4 aliphatic rings. The number of ether oxygens (including phenoxy) is 2. The van der Waals surface area contributed by atoms with Gasteiger partial charge in [-0.15, -0.1) is 11.3 Å². The number of ketones is 1. The molecule has 0 aromatic carbocycles. The highest BCUT2D eigenvalue weighted by atomic mass is 32.1. The zero-order valence-electron chi connectivity index (χ0n) is 31.6. The Morgan fingerprint density at radius 3 is 2.31 bits per heavy atom. The number of aromatic nitrogens is 3. The van der Waals surface area contributed by atoms with Gasteiger partial charge in [0.15, 0.2) is 11.9 Å². The average Bonchev–Trinajstić information content (AvgIpc) is 3.73. The van der Waals surface area contributed by atoms with Crippen LogP contribution in [0.5, 0.6) is 0 Å². The molecule has 0 unspecified atom stereocenters. The van der Waals surface area contributed by atoms with Gasteiger partial charge in [-0.3, -0.25) is 28.9 Å². The number of rotatable bonds is 17. The number of hydrogen-bond acceptors (Lipinski definition) is 12. The number of thiazole rings is 1. The van der Waals surface area contributed by atoms with Crippen molar-refractivity contribution in [3.63, 3.8) is 0 Å². The van der Waals surface area contributed by atoms with Crippen molar-refractivity contribution in [3.05, 3.63) is 39.9 Å². The Hall–Kier alpha value is -3.78. The van der Waals surface area contributed by atoms with Crippen LogP contribution in [0.4, 0.5) is 0 Å². The molecule has 1 N–H and O–H groups in total. The molecule has 0 spiro atoms. The molecule has 5 heterocycles. The summed E-state index contributed by atoms with van der Waals surface area (Å²) in [5, 5.41) is 5.04. The van der Waals surface area contributed by atoms with E-state index in [4.69, 9.17) is 9.47 Å². The summed E-state index contributed by atoms with van der Waals surface area (Å²) in [5.41, 5.74) is 0.374. The number of Topliss-reactive ketones (excluding diaryl/α,β-unsaturated/α-hetero) is 1. The van der Waals surface area contributed by atoms with E-state index in [1.807, 2.05) is 20.8 Å². The van der Waals surface area contributed by atoms with Gasteiger partial charge in [0.25, 0.3) is 5.91 Å². The number of piperidine rings is 3. The topological polar surface area (TPSA) is 161 Å². The summed E-state index contributed by atoms with van der Waals surface area (Å²) in [6.45, 7) is 10.9. The SMILES string of the molecule is COC(=O)[C@@H](C)C[C@H](Cc1ncc(C)cn1)NC(=O)c1csc([C@@H](C[C@H](C(C)C)N(C)C(=O)C2(CC(=O)[C@H]3CC4CCN3CC4)CC2)OC(C)=O)n1. The Labute approximate surface area is 310 Å². The highest BCUT2D eigenvalue weighted by molar-refractivity contribution is 7.09. The number of aryl methyl sites for hydroxylation is 1. The number of hydrogen-bond donors (Lipinski definition) is 1. The zero-order valence-corrected chi connectivity index (χ0v) is 32.4. The van der Waals surface area contributed by atoms with Crippen LogP contribution in [0.2, 0.25) is 0 Å². The molecule has 13 nitrogen and oxygen atoms in total. The molecule has 5 atom stereocenters. The van der Waals surface area contributed by atoms with Gasteiger partial charge in [-0.1, -0.05) is 20.8 Å². The summed E-state index contributed by atoms with van der Waals surface area (Å²) < 4.78 is 10.7. The van der Waals surface area contributed by atoms with Gasteiger partial charge in [0, 0.05) is 63.1 Å². The van der Waals surface area contributed by atoms with E-state index in [2.05, 4.69) is 25.2 Å². The molecule has 4 fully saturated rings. The molecule has 6 rings (SSSR count). The predicted molar refractivity (Wildman–Crippen MR) is 194 cm³/mol. The zero-order chi connectivity index (χ0) is 37.7. The van der Waals surface area contributed by atoms with E-state index in [0.717, 1.165) is 37.9 Å². The van der Waals surface area contributed by atoms with Crippen LogP contribution >= 0.6 is 11.3 Å². The van der Waals surface area contributed by atoms with E-state index < -0.39 is 35.4 Å². The third-order valence-electron chi connectivity index (χ3n) is 11.1. The first kappa shape index (κ1) is 39.4. The van der Waals surface area contributed by atoms with E-state index in [9.17, 15) is 24.0 Å². The maximum absolute atomic E-state index is 14.1. The number of esters is 2. The lowest BCUT2D eigenvalue weighted by atomic mass is 9.79. The van der Waals surface area contributed by atoms with Crippen LogP contribution < -0.4 is 5.32 Å². The fraction of sp³-hybridized carbons (Fsp3) is 0.684. The molecule has 2 aromatic rings. The monoisotopic (exact) mass is 738 g/mol. The first-order valence-corrected chi connectivity index (χ1v) is 19.4. The lowest BCUT2D eigenvalue weighted by Gasteiger charge is -2.45. The van der Waals surface area contributed by atoms with E-state index >= 15 is 0 Å². The molecule has 2 amide bonds. The Bertz CT molecular complexity index is 1600. The van der Waals surface area contributed by atoms with Crippen molar-refractivity contribution < 1.29 is 33.4 Å². The maximum Gasteiger partial charge on any atom is 0.308 e. The Morgan fingerprint density at radius 2 is 1.75 bits per heavy atom. The lowest BCUT2D eigenvalue weighted by molar-refractivity contribution is -0.150. The second-order valence-corrected chi connectivity index (χ2v) is 16.4. The van der Waals surface area contributed by atoms with Gasteiger partial charge in [0.1, 0.15) is 16.5 Å². The number of carbonyl (C=O) groups excluding carboxylic acids is 5. The van der Waals surface area contributed by atoms with E-state index in [1.54, 1.807) is 36.6 Å². The molecule has 14 heteroatoms. The summed E-state index contributed by atoms with van der Waals surface area (Å²) >= 11 is 1.20. The first-order valence-electron chi connectivity index (χ1n) is 18.5. The van der Waals surface area contributed by atoms with Gasteiger partial charge in [-0.05, 0) is 75.9 Å². The van der Waals surface area contributed by atoms with E-state index in [0.29, 0.717) is 42.4 Å². The maximum atomic E-state index is 14.1. The van der Waals surface area contributed by atoms with Crippen molar-refractivity contribution >= 4 is 40.9 Å². The second kappa shape index (κ2) is 16.9. The van der Waals surface area contributed by atoms with Crippen LogP contribution in [0.15, 0.2) is 17.8 Å². The van der Waals surface area contributed by atoms with Crippen LogP contribution in [0, 0.1) is 30.1 Å². The number of amides is 2. The fourth-order valence-electron chi connectivity index (χ4n) is 7.85. The van der Waals surface area contributed by atoms with Crippen LogP contribution in [0.25, 0.3) is 0 Å². The highest BCUT2D eigenvalue weighted by Crippen LogP contribution is 2.52. The summed E-state index contributed by atoms with van der Waals surface area (Å²) in [7, 11) is 3.11.